The largest absolute Gasteiger partial charge is 0.368 e. The summed E-state index contributed by atoms with van der Waals surface area (Å²) in [5.74, 6) is -0.354. The standard InChI is InChI=1S/C18H24Cl2N4O3/c1-2-21-18(27)22-16(25)4-3-5-17(26)24-10-8-23(9-11-24)13-6-7-14(19)15(20)12-13/h6-7,12H,2-5,8-11H2,1H3,(H2,21,22,25,27). The minimum atomic E-state index is -0.507. The van der Waals surface area contributed by atoms with Crippen molar-refractivity contribution in [1.29, 1.82) is 0 Å². The van der Waals surface area contributed by atoms with Crippen LogP contribution in [0.2, 0.25) is 10.0 Å². The van der Waals surface area contributed by atoms with Crippen molar-refractivity contribution in [2.75, 3.05) is 37.6 Å². The van der Waals surface area contributed by atoms with Gasteiger partial charge in [-0.15, -0.1) is 0 Å². The molecule has 0 saturated carbocycles. The fourth-order valence-electron chi connectivity index (χ4n) is 2.85. The Morgan fingerprint density at radius 3 is 2.37 bits per heavy atom. The molecule has 0 unspecified atom stereocenters. The Balaban J connectivity index is 1.71. The van der Waals surface area contributed by atoms with E-state index in [2.05, 4.69) is 15.5 Å². The van der Waals surface area contributed by atoms with Gasteiger partial charge in [-0.25, -0.2) is 4.79 Å². The van der Waals surface area contributed by atoms with Gasteiger partial charge >= 0.3 is 6.03 Å². The maximum Gasteiger partial charge on any atom is 0.321 e. The van der Waals surface area contributed by atoms with Crippen LogP contribution in [0, 0.1) is 0 Å². The van der Waals surface area contributed by atoms with E-state index in [1.165, 1.54) is 0 Å². The van der Waals surface area contributed by atoms with Crippen molar-refractivity contribution in [3.8, 4) is 0 Å². The van der Waals surface area contributed by atoms with Crippen molar-refractivity contribution in [1.82, 2.24) is 15.5 Å². The number of carbonyl (C=O) groups excluding carboxylic acids is 3. The molecule has 0 bridgehead atoms. The average Bonchev–Trinajstić information content (AvgIpc) is 2.64. The van der Waals surface area contributed by atoms with E-state index in [1.807, 2.05) is 12.1 Å². The molecule has 1 saturated heterocycles. The number of nitrogens with one attached hydrogen (secondary N) is 2. The Morgan fingerprint density at radius 2 is 1.74 bits per heavy atom. The lowest BCUT2D eigenvalue weighted by molar-refractivity contribution is -0.131. The van der Waals surface area contributed by atoms with Crippen molar-refractivity contribution >= 4 is 46.7 Å². The number of urea groups is 1. The smallest absolute Gasteiger partial charge is 0.321 e. The van der Waals surface area contributed by atoms with Gasteiger partial charge in [-0.05, 0) is 31.5 Å². The SMILES string of the molecule is CCNC(=O)NC(=O)CCCC(=O)N1CCN(c2ccc(Cl)c(Cl)c2)CC1. The molecular formula is C18H24Cl2N4O3. The Kier molecular flexibility index (Phi) is 8.19. The van der Waals surface area contributed by atoms with Crippen LogP contribution in [0.4, 0.5) is 10.5 Å². The van der Waals surface area contributed by atoms with Gasteiger partial charge in [0, 0.05) is 51.3 Å². The summed E-state index contributed by atoms with van der Waals surface area (Å²) in [5.41, 5.74) is 0.985. The molecule has 9 heteroatoms. The highest BCUT2D eigenvalue weighted by atomic mass is 35.5. The van der Waals surface area contributed by atoms with Gasteiger partial charge < -0.3 is 15.1 Å². The van der Waals surface area contributed by atoms with Crippen LogP contribution >= 0.6 is 23.2 Å². The summed E-state index contributed by atoms with van der Waals surface area (Å²) < 4.78 is 0. The third-order valence-electron chi connectivity index (χ3n) is 4.29. The van der Waals surface area contributed by atoms with Gasteiger partial charge in [-0.1, -0.05) is 23.2 Å². The highest BCUT2D eigenvalue weighted by Gasteiger charge is 2.21. The quantitative estimate of drug-likeness (QED) is 0.749. The molecule has 1 fully saturated rings. The lowest BCUT2D eigenvalue weighted by atomic mass is 10.2. The van der Waals surface area contributed by atoms with Crippen molar-refractivity contribution in [3.05, 3.63) is 28.2 Å². The number of hydrogen-bond acceptors (Lipinski definition) is 4. The summed E-state index contributed by atoms with van der Waals surface area (Å²) in [6, 6.07) is 5.00. The number of piperazine rings is 1. The molecule has 0 spiro atoms. The van der Waals surface area contributed by atoms with E-state index in [-0.39, 0.29) is 24.7 Å². The summed E-state index contributed by atoms with van der Waals surface area (Å²) >= 11 is 12.0. The molecule has 4 amide bonds. The van der Waals surface area contributed by atoms with E-state index in [0.717, 1.165) is 5.69 Å². The molecule has 148 valence electrons. The first-order valence-corrected chi connectivity index (χ1v) is 9.71. The molecule has 1 aliphatic rings. The van der Waals surface area contributed by atoms with Crippen LogP contribution in [0.25, 0.3) is 0 Å². The van der Waals surface area contributed by atoms with Gasteiger partial charge in [-0.2, -0.15) is 0 Å². The number of benzene rings is 1. The third kappa shape index (κ3) is 6.59. The first-order chi connectivity index (χ1) is 12.9. The first-order valence-electron chi connectivity index (χ1n) is 8.96. The fraction of sp³-hybridized carbons (Fsp3) is 0.500. The zero-order chi connectivity index (χ0) is 19.8. The monoisotopic (exact) mass is 414 g/mol. The minimum Gasteiger partial charge on any atom is -0.368 e. The van der Waals surface area contributed by atoms with Crippen molar-refractivity contribution in [2.45, 2.75) is 26.2 Å². The van der Waals surface area contributed by atoms with Crippen LogP contribution in [0.5, 0.6) is 0 Å². The van der Waals surface area contributed by atoms with E-state index in [0.29, 0.717) is 49.2 Å². The molecule has 2 rings (SSSR count). The number of halogens is 2. The molecule has 1 aromatic rings. The zero-order valence-corrected chi connectivity index (χ0v) is 16.8. The van der Waals surface area contributed by atoms with Gasteiger partial charge in [0.1, 0.15) is 0 Å². The predicted molar refractivity (Wildman–Crippen MR) is 106 cm³/mol. The predicted octanol–water partition coefficient (Wildman–Crippen LogP) is 2.66. The molecule has 27 heavy (non-hydrogen) atoms. The van der Waals surface area contributed by atoms with Crippen LogP contribution in [0.1, 0.15) is 26.2 Å². The van der Waals surface area contributed by atoms with Crippen molar-refractivity contribution in [2.24, 2.45) is 0 Å². The second-order valence-electron chi connectivity index (χ2n) is 6.23. The number of amides is 4. The third-order valence-corrected chi connectivity index (χ3v) is 5.02. The Hall–Kier alpha value is -1.99. The zero-order valence-electron chi connectivity index (χ0n) is 15.3. The number of anilines is 1. The van der Waals surface area contributed by atoms with Crippen LogP contribution < -0.4 is 15.5 Å². The average molecular weight is 415 g/mol. The van der Waals surface area contributed by atoms with Crippen LogP contribution in [-0.2, 0) is 9.59 Å². The fourth-order valence-corrected chi connectivity index (χ4v) is 3.14. The van der Waals surface area contributed by atoms with Crippen LogP contribution in [-0.4, -0.2) is 55.5 Å². The topological polar surface area (TPSA) is 81.8 Å². The first kappa shape index (κ1) is 21.3. The second kappa shape index (κ2) is 10.4. The summed E-state index contributed by atoms with van der Waals surface area (Å²) in [6.45, 7) is 4.87. The number of carbonyl (C=O) groups is 3. The molecular weight excluding hydrogens is 391 g/mol. The molecule has 0 aromatic heterocycles. The second-order valence-corrected chi connectivity index (χ2v) is 7.04. The molecule has 1 aliphatic heterocycles. The molecule has 0 radical (unpaired) electrons. The number of rotatable bonds is 6. The summed E-state index contributed by atoms with van der Waals surface area (Å²) in [5, 5.41) is 5.74. The molecule has 0 aliphatic carbocycles. The van der Waals surface area contributed by atoms with E-state index in [9.17, 15) is 14.4 Å². The van der Waals surface area contributed by atoms with Gasteiger partial charge in [0.2, 0.25) is 11.8 Å². The van der Waals surface area contributed by atoms with Gasteiger partial charge in [-0.3, -0.25) is 14.9 Å². The van der Waals surface area contributed by atoms with Gasteiger partial charge in [0.25, 0.3) is 0 Å². The van der Waals surface area contributed by atoms with E-state index in [4.69, 9.17) is 23.2 Å². The molecule has 1 heterocycles. The summed E-state index contributed by atoms with van der Waals surface area (Å²) in [7, 11) is 0. The van der Waals surface area contributed by atoms with Crippen LogP contribution in [0.15, 0.2) is 18.2 Å². The van der Waals surface area contributed by atoms with Gasteiger partial charge in [0.05, 0.1) is 10.0 Å². The Labute approximate surface area is 169 Å². The summed E-state index contributed by atoms with van der Waals surface area (Å²) in [4.78, 5) is 39.1. The molecule has 2 N–H and O–H groups in total. The highest BCUT2D eigenvalue weighted by molar-refractivity contribution is 6.42. The number of imide groups is 1. The Bertz CT molecular complexity index is 691. The normalized spacial score (nSPS) is 14.0. The Morgan fingerprint density at radius 1 is 1.04 bits per heavy atom. The molecule has 7 nitrogen and oxygen atoms in total. The lowest BCUT2D eigenvalue weighted by Gasteiger charge is -2.36. The van der Waals surface area contributed by atoms with E-state index >= 15 is 0 Å². The van der Waals surface area contributed by atoms with E-state index < -0.39 is 6.03 Å². The summed E-state index contributed by atoms with van der Waals surface area (Å²) in [6.07, 6.45) is 0.846. The lowest BCUT2D eigenvalue weighted by Crippen LogP contribution is -2.48. The maximum absolute atomic E-state index is 12.3. The van der Waals surface area contributed by atoms with Crippen LogP contribution in [0.3, 0.4) is 0 Å². The van der Waals surface area contributed by atoms with Crippen molar-refractivity contribution in [3.63, 3.8) is 0 Å². The minimum absolute atomic E-state index is 0.0228. The maximum atomic E-state index is 12.3. The number of nitrogens with zero attached hydrogens (tertiary/aromatic N) is 2. The van der Waals surface area contributed by atoms with Crippen molar-refractivity contribution < 1.29 is 14.4 Å². The number of hydrogen-bond donors (Lipinski definition) is 2. The highest BCUT2D eigenvalue weighted by Crippen LogP contribution is 2.27. The van der Waals surface area contributed by atoms with Gasteiger partial charge in [0.15, 0.2) is 0 Å². The molecule has 0 atom stereocenters. The molecule has 1 aromatic carbocycles. The van der Waals surface area contributed by atoms with E-state index in [1.54, 1.807) is 17.9 Å².